The van der Waals surface area contributed by atoms with Crippen molar-refractivity contribution >= 4 is 5.95 Å². The van der Waals surface area contributed by atoms with Crippen molar-refractivity contribution in [2.24, 2.45) is 5.73 Å². The average Bonchev–Trinajstić information content (AvgIpc) is 2.82. The van der Waals surface area contributed by atoms with Crippen molar-refractivity contribution in [2.75, 3.05) is 24.6 Å². The first-order valence-electron chi connectivity index (χ1n) is 6.94. The molecule has 1 fully saturated rings. The van der Waals surface area contributed by atoms with Crippen LogP contribution >= 0.6 is 0 Å². The third-order valence-electron chi connectivity index (χ3n) is 3.46. The van der Waals surface area contributed by atoms with Gasteiger partial charge < -0.3 is 19.9 Å². The largest absolute Gasteiger partial charge is 0.373 e. The fraction of sp³-hybridized carbons (Fsp3) is 0.643. The molecular formula is C14H24N4O. The Kier molecular flexibility index (Phi) is 4.61. The van der Waals surface area contributed by atoms with Gasteiger partial charge in [0.2, 0.25) is 5.95 Å². The highest BCUT2D eigenvalue weighted by molar-refractivity contribution is 5.35. The molecule has 0 amide bonds. The first-order valence-corrected chi connectivity index (χ1v) is 6.94. The van der Waals surface area contributed by atoms with Crippen molar-refractivity contribution in [3.8, 4) is 0 Å². The Labute approximate surface area is 115 Å². The van der Waals surface area contributed by atoms with E-state index in [4.69, 9.17) is 15.5 Å². The molecule has 0 aromatic carbocycles. The molecule has 0 spiro atoms. The Balaban J connectivity index is 2.19. The molecule has 2 rings (SSSR count). The van der Waals surface area contributed by atoms with Gasteiger partial charge in [0.1, 0.15) is 0 Å². The third-order valence-corrected chi connectivity index (χ3v) is 3.46. The third kappa shape index (κ3) is 3.16. The second kappa shape index (κ2) is 6.21. The van der Waals surface area contributed by atoms with Crippen LogP contribution in [0.1, 0.15) is 19.5 Å². The number of ether oxygens (including phenoxy) is 1. The molecule has 1 aromatic rings. The van der Waals surface area contributed by atoms with Crippen LogP contribution in [0, 0.1) is 0 Å². The standard InChI is InChI=1S/C14H24N4O/c1-4-6-17-9-12(5-2)16-14(17)18-7-8-19-13(10-18)11(3)15/h4,9,11,13H,1,5-8,10,15H2,2-3H3. The van der Waals surface area contributed by atoms with Gasteiger partial charge >= 0.3 is 0 Å². The maximum absolute atomic E-state index is 5.94. The number of imidazole rings is 1. The number of aryl methyl sites for hydroxylation is 1. The fourth-order valence-electron chi connectivity index (χ4n) is 2.33. The zero-order chi connectivity index (χ0) is 13.8. The molecule has 0 radical (unpaired) electrons. The maximum Gasteiger partial charge on any atom is 0.206 e. The molecule has 5 heteroatoms. The van der Waals surface area contributed by atoms with Crippen LogP contribution in [-0.2, 0) is 17.7 Å². The molecule has 2 heterocycles. The highest BCUT2D eigenvalue weighted by Crippen LogP contribution is 2.19. The number of aromatic nitrogens is 2. The zero-order valence-corrected chi connectivity index (χ0v) is 11.9. The van der Waals surface area contributed by atoms with E-state index in [1.165, 1.54) is 0 Å². The van der Waals surface area contributed by atoms with Gasteiger partial charge in [0.15, 0.2) is 0 Å². The first-order chi connectivity index (χ1) is 9.15. The van der Waals surface area contributed by atoms with Gasteiger partial charge in [-0.3, -0.25) is 0 Å². The lowest BCUT2D eigenvalue weighted by atomic mass is 10.1. The van der Waals surface area contributed by atoms with E-state index in [0.29, 0.717) is 6.61 Å². The van der Waals surface area contributed by atoms with E-state index in [1.807, 2.05) is 13.0 Å². The number of rotatable bonds is 5. The zero-order valence-electron chi connectivity index (χ0n) is 11.9. The quantitative estimate of drug-likeness (QED) is 0.812. The first kappa shape index (κ1) is 14.1. The lowest BCUT2D eigenvalue weighted by Gasteiger charge is -2.35. The Morgan fingerprint density at radius 1 is 1.68 bits per heavy atom. The van der Waals surface area contributed by atoms with Crippen molar-refractivity contribution in [3.05, 3.63) is 24.5 Å². The molecule has 2 atom stereocenters. The minimum Gasteiger partial charge on any atom is -0.373 e. The van der Waals surface area contributed by atoms with Gasteiger partial charge in [0.25, 0.3) is 0 Å². The lowest BCUT2D eigenvalue weighted by molar-refractivity contribution is 0.0269. The number of nitrogens with two attached hydrogens (primary N) is 1. The Bertz CT molecular complexity index is 427. The number of hydrogen-bond acceptors (Lipinski definition) is 4. The second-order valence-electron chi connectivity index (χ2n) is 5.04. The van der Waals surface area contributed by atoms with Gasteiger partial charge in [-0.2, -0.15) is 0 Å². The van der Waals surface area contributed by atoms with E-state index in [2.05, 4.69) is 29.2 Å². The molecule has 1 saturated heterocycles. The van der Waals surface area contributed by atoms with Gasteiger partial charge in [-0.05, 0) is 13.3 Å². The highest BCUT2D eigenvalue weighted by Gasteiger charge is 2.26. The van der Waals surface area contributed by atoms with E-state index in [9.17, 15) is 0 Å². The van der Waals surface area contributed by atoms with Gasteiger partial charge in [-0.15, -0.1) is 6.58 Å². The molecule has 1 aromatic heterocycles. The summed E-state index contributed by atoms with van der Waals surface area (Å²) in [5.41, 5.74) is 7.05. The smallest absolute Gasteiger partial charge is 0.206 e. The number of morpholine rings is 1. The molecule has 5 nitrogen and oxygen atoms in total. The molecule has 106 valence electrons. The molecule has 0 aliphatic carbocycles. The van der Waals surface area contributed by atoms with Crippen LogP contribution in [0.5, 0.6) is 0 Å². The van der Waals surface area contributed by atoms with Crippen LogP contribution in [0.15, 0.2) is 18.9 Å². The van der Waals surface area contributed by atoms with Crippen molar-refractivity contribution in [1.29, 1.82) is 0 Å². The van der Waals surface area contributed by atoms with E-state index in [0.717, 1.165) is 37.7 Å². The van der Waals surface area contributed by atoms with E-state index in [-0.39, 0.29) is 12.1 Å². The van der Waals surface area contributed by atoms with E-state index in [1.54, 1.807) is 0 Å². The van der Waals surface area contributed by atoms with Gasteiger partial charge in [-0.1, -0.05) is 13.0 Å². The fourth-order valence-corrected chi connectivity index (χ4v) is 2.33. The summed E-state index contributed by atoms with van der Waals surface area (Å²) in [6.07, 6.45) is 5.02. The van der Waals surface area contributed by atoms with E-state index < -0.39 is 0 Å². The molecule has 0 bridgehead atoms. The van der Waals surface area contributed by atoms with Crippen LogP contribution in [0.2, 0.25) is 0 Å². The number of nitrogens with zero attached hydrogens (tertiary/aromatic N) is 3. The summed E-state index contributed by atoms with van der Waals surface area (Å²) in [5, 5.41) is 0. The van der Waals surface area contributed by atoms with Crippen LogP contribution < -0.4 is 10.6 Å². The molecular weight excluding hydrogens is 240 g/mol. The van der Waals surface area contributed by atoms with Crippen molar-refractivity contribution in [1.82, 2.24) is 9.55 Å². The average molecular weight is 264 g/mol. The van der Waals surface area contributed by atoms with Gasteiger partial charge in [0, 0.05) is 31.9 Å². The summed E-state index contributed by atoms with van der Waals surface area (Å²) in [4.78, 5) is 6.97. The SMILES string of the molecule is C=CCn1cc(CC)nc1N1CCOC(C(C)N)C1. The monoisotopic (exact) mass is 264 g/mol. The van der Waals surface area contributed by atoms with Crippen LogP contribution in [-0.4, -0.2) is 41.4 Å². The topological polar surface area (TPSA) is 56.3 Å². The minimum atomic E-state index is 0.0382. The molecule has 0 saturated carbocycles. The predicted molar refractivity (Wildman–Crippen MR) is 77.4 cm³/mol. The lowest BCUT2D eigenvalue weighted by Crippen LogP contribution is -2.50. The maximum atomic E-state index is 5.94. The molecule has 2 unspecified atom stereocenters. The van der Waals surface area contributed by atoms with Gasteiger partial charge in [-0.25, -0.2) is 4.98 Å². The summed E-state index contributed by atoms with van der Waals surface area (Å²) in [7, 11) is 0. The summed E-state index contributed by atoms with van der Waals surface area (Å²) >= 11 is 0. The van der Waals surface area contributed by atoms with Crippen molar-refractivity contribution < 1.29 is 4.74 Å². The Hall–Kier alpha value is -1.33. The highest BCUT2D eigenvalue weighted by atomic mass is 16.5. The van der Waals surface area contributed by atoms with Gasteiger partial charge in [0.05, 0.1) is 18.4 Å². The number of anilines is 1. The molecule has 1 aliphatic heterocycles. The predicted octanol–water partition coefficient (Wildman–Crippen LogP) is 1.18. The van der Waals surface area contributed by atoms with Crippen molar-refractivity contribution in [2.45, 2.75) is 39.0 Å². The van der Waals surface area contributed by atoms with Crippen molar-refractivity contribution in [3.63, 3.8) is 0 Å². The normalized spacial score (nSPS) is 21.4. The summed E-state index contributed by atoms with van der Waals surface area (Å²) < 4.78 is 7.85. The molecule has 1 aliphatic rings. The summed E-state index contributed by atoms with van der Waals surface area (Å²) in [6, 6.07) is 0.0382. The van der Waals surface area contributed by atoms with Crippen LogP contribution in [0.3, 0.4) is 0 Å². The summed E-state index contributed by atoms with van der Waals surface area (Å²) in [5.74, 6) is 1.01. The number of hydrogen-bond donors (Lipinski definition) is 1. The summed E-state index contributed by atoms with van der Waals surface area (Å²) in [6.45, 7) is 11.1. The molecule has 19 heavy (non-hydrogen) atoms. The second-order valence-corrected chi connectivity index (χ2v) is 5.04. The molecule has 2 N–H and O–H groups in total. The Morgan fingerprint density at radius 2 is 2.47 bits per heavy atom. The number of allylic oxidation sites excluding steroid dienone is 1. The Morgan fingerprint density at radius 3 is 3.11 bits per heavy atom. The van der Waals surface area contributed by atoms with Crippen LogP contribution in [0.25, 0.3) is 0 Å². The van der Waals surface area contributed by atoms with E-state index >= 15 is 0 Å². The minimum absolute atomic E-state index is 0.0382. The van der Waals surface area contributed by atoms with Crippen LogP contribution in [0.4, 0.5) is 5.95 Å².